The van der Waals surface area contributed by atoms with Gasteiger partial charge in [0.1, 0.15) is 47.6 Å². The van der Waals surface area contributed by atoms with Crippen LogP contribution >= 0.6 is 11.3 Å². The number of fused-ring (bicyclic) bond motifs is 5. The number of carbonyl (C=O) groups is 2. The van der Waals surface area contributed by atoms with E-state index < -0.39 is 11.6 Å². The number of phenolic OH excluding ortho intramolecular Hbond substituents is 1. The van der Waals surface area contributed by atoms with Gasteiger partial charge in [0.25, 0.3) is 5.88 Å². The Morgan fingerprint density at radius 1 is 1.03 bits per heavy atom. The van der Waals surface area contributed by atoms with Crippen LogP contribution in [0.2, 0.25) is 0 Å². The molecule has 5 fully saturated rings. The van der Waals surface area contributed by atoms with Crippen molar-refractivity contribution in [3.63, 3.8) is 0 Å². The Bertz CT molecular complexity index is 3360. The molecule has 19 heteroatoms. The van der Waals surface area contributed by atoms with Gasteiger partial charge in [-0.15, -0.1) is 17.8 Å². The van der Waals surface area contributed by atoms with E-state index in [4.69, 9.17) is 30.4 Å². The number of halogens is 2. The summed E-state index contributed by atoms with van der Waals surface area (Å²) in [4.78, 5) is 49.3. The molecule has 4 aromatic heterocycles. The van der Waals surface area contributed by atoms with E-state index in [0.29, 0.717) is 54.5 Å². The second-order valence-corrected chi connectivity index (χ2v) is 22.4. The Hall–Kier alpha value is -7.27. The van der Waals surface area contributed by atoms with Crippen LogP contribution in [0.4, 0.5) is 14.6 Å². The minimum Gasteiger partial charge on any atom is -0.508 e. The maximum Gasteiger partial charge on any atom is 0.319 e. The fourth-order valence-electron chi connectivity index (χ4n) is 12.1. The first-order chi connectivity index (χ1) is 38.3. The number of likely N-dealkylation sites (tertiary alicyclic amines) is 1. The SMILES string of the molecule is C#Cc1c(F)ccc2cc(O)cc(-c3ncc4c(N5CC6CCC(C5)N6)nc(OCC56CCCN5C(COc5cc(CC(=O)N7CCCC7C)on5)CC6)nc4c3F)c12.CCC.Cc1ncsc1-c1ccc(C(C)NC=O)cc1. The van der Waals surface area contributed by atoms with Gasteiger partial charge in [0.15, 0.2) is 5.82 Å². The molecule has 12 rings (SSSR count). The van der Waals surface area contributed by atoms with Crippen LogP contribution in [0.3, 0.4) is 0 Å². The smallest absolute Gasteiger partial charge is 0.319 e. The summed E-state index contributed by atoms with van der Waals surface area (Å²) >= 11 is 1.64. The molecular formula is C60H68F2N10O6S. The van der Waals surface area contributed by atoms with Gasteiger partial charge in [0.2, 0.25) is 12.3 Å². The number of amides is 2. The molecule has 414 valence electrons. The fraction of sp³-hybridized carbons (Fsp3) is 0.450. The summed E-state index contributed by atoms with van der Waals surface area (Å²) < 4.78 is 50.3. The highest BCUT2D eigenvalue weighted by Crippen LogP contribution is 2.44. The van der Waals surface area contributed by atoms with Gasteiger partial charge in [-0.3, -0.25) is 19.5 Å². The molecule has 2 bridgehead atoms. The van der Waals surface area contributed by atoms with Gasteiger partial charge in [-0.2, -0.15) is 9.97 Å². The van der Waals surface area contributed by atoms with Crippen molar-refractivity contribution in [1.82, 2.24) is 45.5 Å². The van der Waals surface area contributed by atoms with Crippen LogP contribution in [0.5, 0.6) is 17.6 Å². The number of nitrogens with zero attached hydrogens (tertiary/aromatic N) is 8. The number of phenols is 1. The summed E-state index contributed by atoms with van der Waals surface area (Å²) in [5.41, 5.74) is 4.90. The topological polar surface area (TPSA) is 184 Å². The van der Waals surface area contributed by atoms with E-state index in [1.165, 1.54) is 41.1 Å². The van der Waals surface area contributed by atoms with E-state index in [0.717, 1.165) is 82.1 Å². The number of aromatic nitrogens is 5. The standard InChI is InChI=1S/C44H46F2N8O5.C13H14N2OS.C3H8/c1-3-32-35(45)10-7-26-16-30(55)17-33(38(26)32)40-39(46)41-34(20-47-40)42(52-21-27-8-9-28(22-52)48-27)50-43(49-41)58-24-44-12-5-15-54(44)29(11-13-44)23-57-36-18-31(59-51-36)19-37(56)53-14-4-6-25(53)2;1-9(14-7-16)11-3-5-12(6-4-11)13-10(2)15-8-17-13;1-3-2/h1,7,10,16-18,20,25,27-29,48,55H,4-6,8-9,11-15,19,21-24H2,2H3;3-9H,1-2H3,(H,14,16);3H2,1-2H3. The third-order valence-corrected chi connectivity index (χ3v) is 17.0. The average Bonchev–Trinajstić information content (AvgIpc) is 4.43. The van der Waals surface area contributed by atoms with Crippen LogP contribution in [-0.2, 0) is 16.0 Å². The van der Waals surface area contributed by atoms with Crippen molar-refractivity contribution >= 4 is 51.1 Å². The highest BCUT2D eigenvalue weighted by atomic mass is 32.1. The van der Waals surface area contributed by atoms with E-state index in [-0.39, 0.29) is 87.6 Å². The molecule has 0 spiro atoms. The maximum absolute atomic E-state index is 17.1. The van der Waals surface area contributed by atoms with Crippen LogP contribution in [0.15, 0.2) is 70.8 Å². The molecule has 5 aliphatic rings. The summed E-state index contributed by atoms with van der Waals surface area (Å²) in [5.74, 6) is 2.31. The first-order valence-corrected chi connectivity index (χ1v) is 28.4. The first-order valence-electron chi connectivity index (χ1n) is 27.6. The number of terminal acetylenes is 1. The number of aromatic hydroxyl groups is 1. The molecule has 7 aromatic rings. The number of aryl methyl sites for hydroxylation is 1. The molecule has 0 aliphatic carbocycles. The Morgan fingerprint density at radius 2 is 1.81 bits per heavy atom. The molecule has 0 saturated carbocycles. The number of hydrogen-bond donors (Lipinski definition) is 3. The number of pyridine rings is 1. The number of carbonyl (C=O) groups excluding carboxylic acids is 2. The molecule has 6 unspecified atom stereocenters. The number of benzene rings is 3. The lowest BCUT2D eigenvalue weighted by Crippen LogP contribution is -2.51. The van der Waals surface area contributed by atoms with Gasteiger partial charge in [-0.05, 0) is 119 Å². The number of thiazole rings is 1. The second kappa shape index (κ2) is 24.0. The molecule has 0 radical (unpaired) electrons. The zero-order valence-electron chi connectivity index (χ0n) is 45.4. The predicted molar refractivity (Wildman–Crippen MR) is 301 cm³/mol. The van der Waals surface area contributed by atoms with Crippen LogP contribution in [0, 0.1) is 30.9 Å². The van der Waals surface area contributed by atoms with E-state index in [1.54, 1.807) is 23.6 Å². The lowest BCUT2D eigenvalue weighted by Gasteiger charge is -2.35. The molecule has 79 heavy (non-hydrogen) atoms. The summed E-state index contributed by atoms with van der Waals surface area (Å²) in [6.45, 7) is 14.0. The third kappa shape index (κ3) is 11.6. The van der Waals surface area contributed by atoms with Crippen molar-refractivity contribution in [3.8, 4) is 51.7 Å². The highest BCUT2D eigenvalue weighted by molar-refractivity contribution is 7.13. The summed E-state index contributed by atoms with van der Waals surface area (Å²) in [6, 6.07) is 16.5. The average molecular weight is 1100 g/mol. The molecule has 2 amide bonds. The molecule has 3 aromatic carbocycles. The fourth-order valence-corrected chi connectivity index (χ4v) is 12.9. The summed E-state index contributed by atoms with van der Waals surface area (Å²) in [5, 5.41) is 22.3. The van der Waals surface area contributed by atoms with E-state index in [1.807, 2.05) is 36.4 Å². The van der Waals surface area contributed by atoms with Crippen molar-refractivity contribution < 1.29 is 37.5 Å². The lowest BCUT2D eigenvalue weighted by atomic mass is 9.95. The van der Waals surface area contributed by atoms with E-state index in [2.05, 4.69) is 74.4 Å². The number of anilines is 1. The Morgan fingerprint density at radius 3 is 2.52 bits per heavy atom. The monoisotopic (exact) mass is 1090 g/mol. The van der Waals surface area contributed by atoms with Gasteiger partial charge in [-0.1, -0.05) is 56.5 Å². The van der Waals surface area contributed by atoms with Gasteiger partial charge in [0, 0.05) is 67.0 Å². The summed E-state index contributed by atoms with van der Waals surface area (Å²) in [7, 11) is 0. The number of nitrogens with one attached hydrogen (secondary N) is 2. The van der Waals surface area contributed by atoms with Crippen molar-refractivity contribution in [1.29, 1.82) is 0 Å². The lowest BCUT2D eigenvalue weighted by molar-refractivity contribution is -0.131. The molecule has 6 atom stereocenters. The van der Waals surface area contributed by atoms with Crippen LogP contribution in [0.25, 0.3) is 43.4 Å². The normalized spacial score (nSPS) is 21.7. The quantitative estimate of drug-likeness (QED) is 0.0691. The summed E-state index contributed by atoms with van der Waals surface area (Å²) in [6.07, 6.45) is 17.2. The number of piperazine rings is 1. The van der Waals surface area contributed by atoms with Crippen molar-refractivity contribution in [2.45, 2.75) is 135 Å². The Kier molecular flexibility index (Phi) is 16.7. The molecule has 3 N–H and O–H groups in total. The minimum atomic E-state index is -0.752. The van der Waals surface area contributed by atoms with Crippen molar-refractivity contribution in [3.05, 3.63) is 101 Å². The molecule has 16 nitrogen and oxygen atoms in total. The number of ether oxygens (including phenoxy) is 2. The maximum atomic E-state index is 17.1. The van der Waals surface area contributed by atoms with E-state index >= 15 is 4.39 Å². The van der Waals surface area contributed by atoms with Crippen LogP contribution < -0.4 is 25.0 Å². The Labute approximate surface area is 463 Å². The van der Waals surface area contributed by atoms with Crippen molar-refractivity contribution in [2.24, 2.45) is 0 Å². The zero-order chi connectivity index (χ0) is 55.4. The molecule has 9 heterocycles. The highest BCUT2D eigenvalue weighted by Gasteiger charge is 2.50. The Balaban J connectivity index is 0.000000297. The molecule has 5 aliphatic heterocycles. The number of hydrogen-bond acceptors (Lipinski definition) is 15. The molecular weight excluding hydrogens is 1030 g/mol. The van der Waals surface area contributed by atoms with Crippen LogP contribution in [0.1, 0.15) is 114 Å². The largest absolute Gasteiger partial charge is 0.508 e. The van der Waals surface area contributed by atoms with Crippen LogP contribution in [-0.4, -0.2) is 121 Å². The minimum absolute atomic E-state index is 0.0122. The number of rotatable bonds is 14. The molecule has 5 saturated heterocycles. The third-order valence-electron chi connectivity index (χ3n) is 16.0. The second-order valence-electron chi connectivity index (χ2n) is 21.5. The van der Waals surface area contributed by atoms with Gasteiger partial charge in [0.05, 0.1) is 45.0 Å². The zero-order valence-corrected chi connectivity index (χ0v) is 46.3. The van der Waals surface area contributed by atoms with Gasteiger partial charge >= 0.3 is 6.01 Å². The van der Waals surface area contributed by atoms with Crippen molar-refractivity contribution in [2.75, 3.05) is 44.3 Å². The van der Waals surface area contributed by atoms with Gasteiger partial charge < -0.3 is 39.5 Å². The first kappa shape index (κ1) is 55.1. The van der Waals surface area contributed by atoms with E-state index in [9.17, 15) is 19.1 Å². The predicted octanol–water partition coefficient (Wildman–Crippen LogP) is 10.1. The van der Waals surface area contributed by atoms with Gasteiger partial charge in [-0.25, -0.2) is 13.8 Å².